The van der Waals surface area contributed by atoms with E-state index in [4.69, 9.17) is 0 Å². The van der Waals surface area contributed by atoms with Crippen molar-refractivity contribution in [1.29, 1.82) is 0 Å². The van der Waals surface area contributed by atoms with Crippen LogP contribution in [0, 0.1) is 0 Å². The fraction of sp³-hybridized carbons (Fsp3) is 0.364. The standard InChI is InChI=1S/C22H26N4O4S/c1-2-13-25-19-8-3-4-9-20(19)26(22(25)28)14-12-21(27)23-17-6-5-7-18(15-17)31(29,30)24-16-10-11-16/h3-9,15-16,24H,2,10-14H2,1H3,(H,23,27). The van der Waals surface area contributed by atoms with E-state index in [0.29, 0.717) is 12.2 Å². The summed E-state index contributed by atoms with van der Waals surface area (Å²) < 4.78 is 30.7. The fourth-order valence-electron chi connectivity index (χ4n) is 3.59. The van der Waals surface area contributed by atoms with Crippen molar-refractivity contribution in [2.75, 3.05) is 5.32 Å². The van der Waals surface area contributed by atoms with Gasteiger partial charge in [-0.2, -0.15) is 0 Å². The van der Waals surface area contributed by atoms with E-state index in [2.05, 4.69) is 10.0 Å². The number of amides is 1. The molecule has 3 aromatic rings. The molecular formula is C22H26N4O4S. The number of sulfonamides is 1. The van der Waals surface area contributed by atoms with Crippen molar-refractivity contribution in [1.82, 2.24) is 13.9 Å². The summed E-state index contributed by atoms with van der Waals surface area (Å²) in [6, 6.07) is 13.8. The van der Waals surface area contributed by atoms with Gasteiger partial charge in [0.2, 0.25) is 15.9 Å². The average Bonchev–Trinajstić information content (AvgIpc) is 3.51. The number of aromatic nitrogens is 2. The summed E-state index contributed by atoms with van der Waals surface area (Å²) in [6.45, 7) is 2.87. The number of para-hydroxylation sites is 2. The Morgan fingerprint density at radius 3 is 2.35 bits per heavy atom. The summed E-state index contributed by atoms with van der Waals surface area (Å²) in [6.07, 6.45) is 2.63. The third-order valence-corrected chi connectivity index (χ3v) is 6.78. The summed E-state index contributed by atoms with van der Waals surface area (Å²) in [5.74, 6) is -0.288. The molecule has 0 bridgehead atoms. The molecule has 0 saturated heterocycles. The molecule has 1 heterocycles. The van der Waals surface area contributed by atoms with E-state index in [9.17, 15) is 18.0 Å². The highest BCUT2D eigenvalue weighted by atomic mass is 32.2. The van der Waals surface area contributed by atoms with Crippen LogP contribution in [0.25, 0.3) is 11.0 Å². The van der Waals surface area contributed by atoms with Gasteiger partial charge in [0.05, 0.1) is 15.9 Å². The molecule has 164 valence electrons. The van der Waals surface area contributed by atoms with E-state index in [0.717, 1.165) is 30.3 Å². The number of hydrogen-bond donors (Lipinski definition) is 2. The number of nitrogens with one attached hydrogen (secondary N) is 2. The van der Waals surface area contributed by atoms with Gasteiger partial charge in [-0.1, -0.05) is 25.1 Å². The van der Waals surface area contributed by atoms with Gasteiger partial charge in [-0.25, -0.2) is 17.9 Å². The Morgan fingerprint density at radius 1 is 1.03 bits per heavy atom. The van der Waals surface area contributed by atoms with Gasteiger partial charge >= 0.3 is 5.69 Å². The van der Waals surface area contributed by atoms with E-state index >= 15 is 0 Å². The Labute approximate surface area is 180 Å². The Bertz CT molecular complexity index is 1270. The fourth-order valence-corrected chi connectivity index (χ4v) is 4.95. The molecule has 8 nitrogen and oxygen atoms in total. The van der Waals surface area contributed by atoms with E-state index < -0.39 is 10.0 Å². The summed E-state index contributed by atoms with van der Waals surface area (Å²) >= 11 is 0. The summed E-state index contributed by atoms with van der Waals surface area (Å²) in [5.41, 5.74) is 1.93. The molecule has 0 spiro atoms. The predicted molar refractivity (Wildman–Crippen MR) is 120 cm³/mol. The molecule has 1 amide bonds. The van der Waals surface area contributed by atoms with E-state index in [-0.39, 0.29) is 35.5 Å². The number of hydrogen-bond acceptors (Lipinski definition) is 4. The first-order chi connectivity index (χ1) is 14.9. The maximum atomic E-state index is 12.8. The van der Waals surface area contributed by atoms with Crippen molar-refractivity contribution in [3.63, 3.8) is 0 Å². The number of anilines is 1. The minimum atomic E-state index is -3.59. The van der Waals surface area contributed by atoms with E-state index in [1.54, 1.807) is 21.3 Å². The second kappa shape index (κ2) is 8.68. The van der Waals surface area contributed by atoms with Crippen LogP contribution in [0.4, 0.5) is 5.69 Å². The van der Waals surface area contributed by atoms with E-state index in [1.165, 1.54) is 12.1 Å². The van der Waals surface area contributed by atoms with Gasteiger partial charge in [0.25, 0.3) is 0 Å². The van der Waals surface area contributed by atoms with Crippen molar-refractivity contribution in [3.8, 4) is 0 Å². The second-order valence-corrected chi connectivity index (χ2v) is 9.51. The first-order valence-electron chi connectivity index (χ1n) is 10.5. The highest BCUT2D eigenvalue weighted by molar-refractivity contribution is 7.89. The molecular weight excluding hydrogens is 416 g/mol. The molecule has 2 aromatic carbocycles. The van der Waals surface area contributed by atoms with Crippen molar-refractivity contribution in [3.05, 3.63) is 59.0 Å². The third-order valence-electron chi connectivity index (χ3n) is 5.26. The van der Waals surface area contributed by atoms with Gasteiger partial charge in [-0.15, -0.1) is 0 Å². The van der Waals surface area contributed by atoms with E-state index in [1.807, 2.05) is 31.2 Å². The Morgan fingerprint density at radius 2 is 1.71 bits per heavy atom. The maximum absolute atomic E-state index is 12.8. The normalized spacial score (nSPS) is 14.1. The first kappa shape index (κ1) is 21.3. The predicted octanol–water partition coefficient (Wildman–Crippen LogP) is 2.68. The quantitative estimate of drug-likeness (QED) is 0.532. The van der Waals surface area contributed by atoms with Gasteiger partial charge in [0.15, 0.2) is 0 Å². The van der Waals surface area contributed by atoms with Crippen LogP contribution in [-0.2, 0) is 27.9 Å². The van der Waals surface area contributed by atoms with Crippen molar-refractivity contribution in [2.24, 2.45) is 0 Å². The lowest BCUT2D eigenvalue weighted by molar-refractivity contribution is -0.116. The van der Waals surface area contributed by atoms with Crippen LogP contribution in [-0.4, -0.2) is 29.5 Å². The van der Waals surface area contributed by atoms with Crippen LogP contribution >= 0.6 is 0 Å². The minimum Gasteiger partial charge on any atom is -0.326 e. The molecule has 31 heavy (non-hydrogen) atoms. The number of nitrogens with zero attached hydrogens (tertiary/aromatic N) is 2. The number of imidazole rings is 1. The number of aryl methyl sites for hydroxylation is 2. The molecule has 0 unspecified atom stereocenters. The van der Waals surface area contributed by atoms with Gasteiger partial charge < -0.3 is 5.32 Å². The highest BCUT2D eigenvalue weighted by Gasteiger charge is 2.28. The van der Waals surface area contributed by atoms with Crippen molar-refractivity contribution in [2.45, 2.75) is 56.6 Å². The SMILES string of the molecule is CCCn1c(=O)n(CCC(=O)Nc2cccc(S(=O)(=O)NC3CC3)c2)c2ccccc21. The molecule has 0 atom stereocenters. The van der Waals surface area contributed by atoms with Crippen molar-refractivity contribution >= 4 is 32.7 Å². The Kier molecular flexibility index (Phi) is 5.97. The van der Waals surface area contributed by atoms with Gasteiger partial charge in [-0.3, -0.25) is 13.9 Å². The number of benzene rings is 2. The van der Waals surface area contributed by atoms with Crippen molar-refractivity contribution < 1.29 is 13.2 Å². The lowest BCUT2D eigenvalue weighted by Gasteiger charge is -2.09. The lowest BCUT2D eigenvalue weighted by Crippen LogP contribution is -2.26. The molecule has 4 rings (SSSR count). The zero-order valence-corrected chi connectivity index (χ0v) is 18.2. The minimum absolute atomic E-state index is 0.0106. The zero-order valence-electron chi connectivity index (χ0n) is 17.4. The van der Waals surface area contributed by atoms with Gasteiger partial charge in [-0.05, 0) is 49.6 Å². The van der Waals surface area contributed by atoms with Crippen LogP contribution in [0.5, 0.6) is 0 Å². The molecule has 2 N–H and O–H groups in total. The molecule has 1 fully saturated rings. The van der Waals surface area contributed by atoms with Crippen LogP contribution in [0.1, 0.15) is 32.6 Å². The largest absolute Gasteiger partial charge is 0.329 e. The van der Waals surface area contributed by atoms with Gasteiger partial charge in [0, 0.05) is 31.2 Å². The van der Waals surface area contributed by atoms with Crippen LogP contribution < -0.4 is 15.7 Å². The molecule has 9 heteroatoms. The first-order valence-corrected chi connectivity index (χ1v) is 12.0. The maximum Gasteiger partial charge on any atom is 0.329 e. The zero-order chi connectivity index (χ0) is 22.0. The number of fused-ring (bicyclic) bond motifs is 1. The smallest absolute Gasteiger partial charge is 0.326 e. The van der Waals surface area contributed by atoms with Crippen LogP contribution in [0.3, 0.4) is 0 Å². The van der Waals surface area contributed by atoms with Crippen LogP contribution in [0.15, 0.2) is 58.2 Å². The number of rotatable bonds is 9. The molecule has 0 aliphatic heterocycles. The second-order valence-electron chi connectivity index (χ2n) is 7.80. The molecule has 1 saturated carbocycles. The lowest BCUT2D eigenvalue weighted by atomic mass is 10.3. The molecule has 1 aliphatic carbocycles. The number of carbonyl (C=O) groups excluding carboxylic acids is 1. The molecule has 1 aliphatic rings. The monoisotopic (exact) mass is 442 g/mol. The Hall–Kier alpha value is -2.91. The van der Waals surface area contributed by atoms with Crippen LogP contribution in [0.2, 0.25) is 0 Å². The molecule has 0 radical (unpaired) electrons. The topological polar surface area (TPSA) is 102 Å². The Balaban J connectivity index is 1.46. The summed E-state index contributed by atoms with van der Waals surface area (Å²) in [7, 11) is -3.59. The third kappa shape index (κ3) is 4.72. The summed E-state index contributed by atoms with van der Waals surface area (Å²) in [5, 5.41) is 2.74. The number of carbonyl (C=O) groups is 1. The average molecular weight is 443 g/mol. The summed E-state index contributed by atoms with van der Waals surface area (Å²) in [4.78, 5) is 25.5. The molecule has 1 aromatic heterocycles. The van der Waals surface area contributed by atoms with Gasteiger partial charge in [0.1, 0.15) is 0 Å². The highest BCUT2D eigenvalue weighted by Crippen LogP contribution is 2.23.